The molecule has 3 aromatic carbocycles. The normalized spacial score (nSPS) is 10.4. The van der Waals surface area contributed by atoms with Crippen molar-refractivity contribution < 1.29 is 9.66 Å². The molecule has 0 aliphatic heterocycles. The van der Waals surface area contributed by atoms with Gasteiger partial charge in [0.25, 0.3) is 5.69 Å². The second kappa shape index (κ2) is 8.36. The Bertz CT molecular complexity index is 937. The zero-order valence-electron chi connectivity index (χ0n) is 15.4. The molecule has 0 atom stereocenters. The number of nitrogens with one attached hydrogen (secondary N) is 1. The molecule has 0 fully saturated rings. The number of ether oxygens (including phenoxy) is 1. The summed E-state index contributed by atoms with van der Waals surface area (Å²) in [5, 5.41) is 14.2. The van der Waals surface area contributed by atoms with Crippen LogP contribution in [0.15, 0.2) is 66.7 Å². The molecule has 0 heterocycles. The van der Waals surface area contributed by atoms with Crippen LogP contribution in [0.1, 0.15) is 22.3 Å². The first-order valence-electron chi connectivity index (χ1n) is 8.77. The first-order valence-corrected chi connectivity index (χ1v) is 8.77. The number of nitro groups is 1. The molecule has 0 radical (unpaired) electrons. The number of benzene rings is 3. The van der Waals surface area contributed by atoms with E-state index in [2.05, 4.69) is 43.4 Å². The van der Waals surface area contributed by atoms with Gasteiger partial charge in [-0.05, 0) is 66.4 Å². The van der Waals surface area contributed by atoms with E-state index in [1.54, 1.807) is 12.1 Å². The smallest absolute Gasteiger partial charge is 0.269 e. The van der Waals surface area contributed by atoms with Gasteiger partial charge < -0.3 is 10.1 Å². The Morgan fingerprint density at radius 3 is 2.48 bits per heavy atom. The zero-order valence-corrected chi connectivity index (χ0v) is 15.4. The summed E-state index contributed by atoms with van der Waals surface area (Å²) in [4.78, 5) is 10.3. The quantitative estimate of drug-likeness (QED) is 0.451. The SMILES string of the molecule is Cc1ccc(C)c(NCc2cccc(OCc3ccc([N+](=O)[O-])cc3)c2)c1. The summed E-state index contributed by atoms with van der Waals surface area (Å²) < 4.78 is 5.83. The fraction of sp³-hybridized carbons (Fsp3) is 0.182. The standard InChI is InChI=1S/C22H22N2O3/c1-16-6-7-17(2)22(12-16)23-14-19-4-3-5-21(13-19)27-15-18-8-10-20(11-9-18)24(25)26/h3-13,23H,14-15H2,1-2H3. The maximum absolute atomic E-state index is 10.7. The molecule has 0 aliphatic carbocycles. The molecule has 27 heavy (non-hydrogen) atoms. The summed E-state index contributed by atoms with van der Waals surface area (Å²) in [6.45, 7) is 5.24. The summed E-state index contributed by atoms with van der Waals surface area (Å²) >= 11 is 0. The Kier molecular flexibility index (Phi) is 5.71. The zero-order chi connectivity index (χ0) is 19.2. The number of rotatable bonds is 7. The van der Waals surface area contributed by atoms with Crippen LogP contribution >= 0.6 is 0 Å². The van der Waals surface area contributed by atoms with Gasteiger partial charge in [-0.2, -0.15) is 0 Å². The number of nitro benzene ring substituents is 1. The van der Waals surface area contributed by atoms with E-state index in [1.807, 2.05) is 18.2 Å². The third kappa shape index (κ3) is 5.07. The second-order valence-corrected chi connectivity index (χ2v) is 6.53. The van der Waals surface area contributed by atoms with Crippen LogP contribution in [0.3, 0.4) is 0 Å². The van der Waals surface area contributed by atoms with Gasteiger partial charge in [0.1, 0.15) is 12.4 Å². The molecule has 0 saturated carbocycles. The molecule has 0 amide bonds. The molecule has 1 N–H and O–H groups in total. The highest BCUT2D eigenvalue weighted by atomic mass is 16.6. The molecule has 0 unspecified atom stereocenters. The molecular weight excluding hydrogens is 340 g/mol. The molecule has 138 valence electrons. The Labute approximate surface area is 158 Å². The molecule has 5 heteroatoms. The molecule has 0 spiro atoms. The van der Waals surface area contributed by atoms with Gasteiger partial charge in [0.05, 0.1) is 4.92 Å². The molecule has 3 rings (SSSR count). The van der Waals surface area contributed by atoms with Gasteiger partial charge in [0.15, 0.2) is 0 Å². The van der Waals surface area contributed by atoms with Crippen molar-refractivity contribution in [2.75, 3.05) is 5.32 Å². The lowest BCUT2D eigenvalue weighted by molar-refractivity contribution is -0.384. The van der Waals surface area contributed by atoms with E-state index in [-0.39, 0.29) is 5.69 Å². The minimum absolute atomic E-state index is 0.0817. The van der Waals surface area contributed by atoms with Gasteiger partial charge >= 0.3 is 0 Å². The maximum Gasteiger partial charge on any atom is 0.269 e. The van der Waals surface area contributed by atoms with E-state index in [9.17, 15) is 10.1 Å². The summed E-state index contributed by atoms with van der Waals surface area (Å²) in [6, 6.07) is 20.7. The largest absolute Gasteiger partial charge is 0.489 e. The van der Waals surface area contributed by atoms with Crippen LogP contribution in [0.4, 0.5) is 11.4 Å². The Balaban J connectivity index is 1.60. The lowest BCUT2D eigenvalue weighted by atomic mass is 10.1. The third-order valence-electron chi connectivity index (χ3n) is 4.33. The lowest BCUT2D eigenvalue weighted by Gasteiger charge is -2.12. The average molecular weight is 362 g/mol. The number of hydrogen-bond acceptors (Lipinski definition) is 4. The van der Waals surface area contributed by atoms with Gasteiger partial charge in [-0.15, -0.1) is 0 Å². The van der Waals surface area contributed by atoms with Crippen molar-refractivity contribution in [3.63, 3.8) is 0 Å². The predicted octanol–water partition coefficient (Wildman–Crippen LogP) is 5.40. The third-order valence-corrected chi connectivity index (χ3v) is 4.33. The van der Waals surface area contributed by atoms with E-state index in [1.165, 1.54) is 23.3 Å². The Morgan fingerprint density at radius 1 is 0.963 bits per heavy atom. The Hall–Kier alpha value is -3.34. The first-order chi connectivity index (χ1) is 13.0. The fourth-order valence-electron chi connectivity index (χ4n) is 2.75. The molecule has 0 aromatic heterocycles. The van der Waals surface area contributed by atoms with Crippen molar-refractivity contribution in [2.24, 2.45) is 0 Å². The van der Waals surface area contributed by atoms with Crippen molar-refractivity contribution in [2.45, 2.75) is 27.0 Å². The van der Waals surface area contributed by atoms with Gasteiger partial charge in [0.2, 0.25) is 0 Å². The van der Waals surface area contributed by atoms with E-state index in [0.717, 1.165) is 22.6 Å². The lowest BCUT2D eigenvalue weighted by Crippen LogP contribution is -2.02. The van der Waals surface area contributed by atoms with Crippen LogP contribution in [-0.2, 0) is 13.2 Å². The van der Waals surface area contributed by atoms with Gasteiger partial charge in [-0.3, -0.25) is 10.1 Å². The number of aryl methyl sites for hydroxylation is 2. The minimum Gasteiger partial charge on any atom is -0.489 e. The van der Waals surface area contributed by atoms with Crippen molar-refractivity contribution in [1.82, 2.24) is 0 Å². The molecular formula is C22H22N2O3. The van der Waals surface area contributed by atoms with E-state index in [4.69, 9.17) is 4.74 Å². The highest BCUT2D eigenvalue weighted by molar-refractivity contribution is 5.53. The molecule has 0 saturated heterocycles. The van der Waals surface area contributed by atoms with Gasteiger partial charge in [-0.25, -0.2) is 0 Å². The highest BCUT2D eigenvalue weighted by Gasteiger charge is 2.05. The number of nitrogens with zero attached hydrogens (tertiary/aromatic N) is 1. The fourth-order valence-corrected chi connectivity index (χ4v) is 2.75. The average Bonchev–Trinajstić information content (AvgIpc) is 2.68. The van der Waals surface area contributed by atoms with Gasteiger partial charge in [0, 0.05) is 24.4 Å². The molecule has 0 aliphatic rings. The van der Waals surface area contributed by atoms with Crippen molar-refractivity contribution in [1.29, 1.82) is 0 Å². The molecule has 3 aromatic rings. The summed E-state index contributed by atoms with van der Waals surface area (Å²) in [5.74, 6) is 0.772. The van der Waals surface area contributed by atoms with Crippen LogP contribution < -0.4 is 10.1 Å². The van der Waals surface area contributed by atoms with Crippen LogP contribution in [0, 0.1) is 24.0 Å². The second-order valence-electron chi connectivity index (χ2n) is 6.53. The first kappa shape index (κ1) is 18.5. The summed E-state index contributed by atoms with van der Waals surface area (Å²) in [5.41, 5.74) is 5.66. The van der Waals surface area contributed by atoms with Crippen LogP contribution in [0.5, 0.6) is 5.75 Å². The van der Waals surface area contributed by atoms with Crippen molar-refractivity contribution in [3.8, 4) is 5.75 Å². The minimum atomic E-state index is -0.406. The number of hydrogen-bond donors (Lipinski definition) is 1. The summed E-state index contributed by atoms with van der Waals surface area (Å²) in [6.07, 6.45) is 0. The summed E-state index contributed by atoms with van der Waals surface area (Å²) in [7, 11) is 0. The highest BCUT2D eigenvalue weighted by Crippen LogP contribution is 2.20. The Morgan fingerprint density at radius 2 is 1.74 bits per heavy atom. The van der Waals surface area contributed by atoms with E-state index < -0.39 is 4.92 Å². The monoisotopic (exact) mass is 362 g/mol. The molecule has 5 nitrogen and oxygen atoms in total. The number of non-ortho nitro benzene ring substituents is 1. The van der Waals surface area contributed by atoms with Crippen LogP contribution in [0.2, 0.25) is 0 Å². The maximum atomic E-state index is 10.7. The van der Waals surface area contributed by atoms with Crippen molar-refractivity contribution >= 4 is 11.4 Å². The van der Waals surface area contributed by atoms with Crippen LogP contribution in [-0.4, -0.2) is 4.92 Å². The van der Waals surface area contributed by atoms with E-state index >= 15 is 0 Å². The molecule has 0 bridgehead atoms. The van der Waals surface area contributed by atoms with Gasteiger partial charge in [-0.1, -0.05) is 24.3 Å². The number of anilines is 1. The van der Waals surface area contributed by atoms with Crippen molar-refractivity contribution in [3.05, 3.63) is 99.1 Å². The van der Waals surface area contributed by atoms with E-state index in [0.29, 0.717) is 13.2 Å². The van der Waals surface area contributed by atoms with Crippen LogP contribution in [0.25, 0.3) is 0 Å². The predicted molar refractivity (Wildman–Crippen MR) is 107 cm³/mol. The topological polar surface area (TPSA) is 64.4 Å².